The Hall–Kier alpha value is -2.05. The number of carbonyl (C=O) groups is 3. The number of nitrogens with one attached hydrogen (secondary N) is 3. The van der Waals surface area contributed by atoms with Crippen molar-refractivity contribution in [1.82, 2.24) is 16.0 Å². The SMILES string of the molecule is CCC(=O)NCCCNC(=O)OC1/C=C/CC(C)(C(=O)NCCC(C)C)CCC1. The van der Waals surface area contributed by atoms with Crippen LogP contribution in [0, 0.1) is 11.3 Å². The maximum atomic E-state index is 12.6. The molecule has 0 fully saturated rings. The minimum absolute atomic E-state index is 0.00726. The second kappa shape index (κ2) is 13.2. The molecule has 2 atom stereocenters. The Kier molecular flexibility index (Phi) is 11.4. The van der Waals surface area contributed by atoms with Gasteiger partial charge in [0.1, 0.15) is 6.10 Å². The molecule has 7 heteroatoms. The Bertz CT molecular complexity index is 562. The second-order valence-electron chi connectivity index (χ2n) is 8.45. The Morgan fingerprint density at radius 3 is 2.55 bits per heavy atom. The van der Waals surface area contributed by atoms with Crippen LogP contribution in [0.4, 0.5) is 4.79 Å². The van der Waals surface area contributed by atoms with Gasteiger partial charge in [-0.3, -0.25) is 9.59 Å². The van der Waals surface area contributed by atoms with Crippen LogP contribution < -0.4 is 16.0 Å². The van der Waals surface area contributed by atoms with Gasteiger partial charge < -0.3 is 20.7 Å². The van der Waals surface area contributed by atoms with E-state index in [0.717, 1.165) is 19.3 Å². The summed E-state index contributed by atoms with van der Waals surface area (Å²) in [6.45, 7) is 9.80. The van der Waals surface area contributed by atoms with Gasteiger partial charge in [-0.25, -0.2) is 4.79 Å². The Morgan fingerprint density at radius 2 is 1.86 bits per heavy atom. The van der Waals surface area contributed by atoms with Crippen LogP contribution in [0.15, 0.2) is 12.2 Å². The average molecular weight is 410 g/mol. The van der Waals surface area contributed by atoms with Gasteiger partial charge in [-0.1, -0.05) is 33.8 Å². The highest BCUT2D eigenvalue weighted by molar-refractivity contribution is 5.82. The van der Waals surface area contributed by atoms with Crippen molar-refractivity contribution in [2.24, 2.45) is 11.3 Å². The van der Waals surface area contributed by atoms with Crippen LogP contribution in [0.1, 0.15) is 72.6 Å². The predicted octanol–water partition coefficient (Wildman–Crippen LogP) is 3.30. The normalized spacial score (nSPS) is 22.9. The van der Waals surface area contributed by atoms with Crippen molar-refractivity contribution in [2.45, 2.75) is 78.7 Å². The van der Waals surface area contributed by atoms with Crippen molar-refractivity contribution in [3.63, 3.8) is 0 Å². The second-order valence-corrected chi connectivity index (χ2v) is 8.45. The number of hydrogen-bond acceptors (Lipinski definition) is 4. The minimum atomic E-state index is -0.448. The first-order valence-corrected chi connectivity index (χ1v) is 10.9. The van der Waals surface area contributed by atoms with Crippen molar-refractivity contribution in [3.8, 4) is 0 Å². The van der Waals surface area contributed by atoms with Gasteiger partial charge in [0.05, 0.1) is 0 Å². The van der Waals surface area contributed by atoms with E-state index in [1.54, 1.807) is 6.92 Å². The van der Waals surface area contributed by atoms with Gasteiger partial charge in [-0.05, 0) is 50.5 Å². The molecule has 2 unspecified atom stereocenters. The molecule has 3 amide bonds. The fourth-order valence-corrected chi connectivity index (χ4v) is 3.17. The molecule has 0 bridgehead atoms. The van der Waals surface area contributed by atoms with E-state index in [1.807, 2.05) is 19.1 Å². The van der Waals surface area contributed by atoms with E-state index in [-0.39, 0.29) is 17.9 Å². The third-order valence-electron chi connectivity index (χ3n) is 5.22. The number of rotatable bonds is 10. The average Bonchev–Trinajstić information content (AvgIpc) is 2.65. The fourth-order valence-electron chi connectivity index (χ4n) is 3.17. The monoisotopic (exact) mass is 409 g/mol. The molecule has 29 heavy (non-hydrogen) atoms. The molecule has 0 aromatic rings. The summed E-state index contributed by atoms with van der Waals surface area (Å²) in [4.78, 5) is 35.7. The molecule has 0 saturated heterocycles. The lowest BCUT2D eigenvalue weighted by Crippen LogP contribution is -2.40. The standard InChI is InChI=1S/C22H39N3O4/c1-5-19(26)23-14-8-15-25-21(28)29-18-9-6-12-22(4,13-7-10-18)20(27)24-16-11-17(2)3/h6,9,17-18H,5,7-8,10-16H2,1-4H3,(H,23,26)(H,24,27)(H,25,28)/b9-6+. The molecule has 1 rings (SSSR count). The molecule has 0 aromatic carbocycles. The first-order chi connectivity index (χ1) is 13.8. The van der Waals surface area contributed by atoms with Crippen LogP contribution in [0.3, 0.4) is 0 Å². The van der Waals surface area contributed by atoms with Gasteiger partial charge in [0.15, 0.2) is 0 Å². The number of allylic oxidation sites excluding steroid dienone is 1. The molecule has 0 aromatic heterocycles. The number of amides is 3. The molecule has 3 N–H and O–H groups in total. The van der Waals surface area contributed by atoms with Crippen molar-refractivity contribution < 1.29 is 19.1 Å². The number of hydrogen-bond donors (Lipinski definition) is 3. The van der Waals surface area contributed by atoms with Gasteiger partial charge in [0.2, 0.25) is 11.8 Å². The molecule has 1 aliphatic rings. The summed E-state index contributed by atoms with van der Waals surface area (Å²) >= 11 is 0. The summed E-state index contributed by atoms with van der Waals surface area (Å²) in [7, 11) is 0. The molecule has 0 radical (unpaired) electrons. The largest absolute Gasteiger partial charge is 0.442 e. The van der Waals surface area contributed by atoms with Gasteiger partial charge in [0.25, 0.3) is 0 Å². The molecule has 0 saturated carbocycles. The zero-order valence-corrected chi connectivity index (χ0v) is 18.5. The maximum absolute atomic E-state index is 12.6. The molecular formula is C22H39N3O4. The molecule has 166 valence electrons. The van der Waals surface area contributed by atoms with Crippen LogP contribution >= 0.6 is 0 Å². The smallest absolute Gasteiger partial charge is 0.407 e. The third kappa shape index (κ3) is 10.3. The van der Waals surface area contributed by atoms with Crippen molar-refractivity contribution in [3.05, 3.63) is 12.2 Å². The first kappa shape index (κ1) is 25.0. The van der Waals surface area contributed by atoms with Crippen molar-refractivity contribution >= 4 is 17.9 Å². The van der Waals surface area contributed by atoms with E-state index in [0.29, 0.717) is 51.2 Å². The molecular weight excluding hydrogens is 370 g/mol. The van der Waals surface area contributed by atoms with E-state index in [4.69, 9.17) is 4.74 Å². The van der Waals surface area contributed by atoms with Gasteiger partial charge in [-0.15, -0.1) is 0 Å². The van der Waals surface area contributed by atoms with E-state index < -0.39 is 11.5 Å². The van der Waals surface area contributed by atoms with E-state index >= 15 is 0 Å². The van der Waals surface area contributed by atoms with Crippen LogP contribution in [-0.2, 0) is 14.3 Å². The summed E-state index contributed by atoms with van der Waals surface area (Å²) in [6, 6.07) is 0. The Balaban J connectivity index is 2.35. The highest BCUT2D eigenvalue weighted by atomic mass is 16.6. The molecule has 0 aliphatic heterocycles. The summed E-state index contributed by atoms with van der Waals surface area (Å²) in [5, 5.41) is 8.54. The highest BCUT2D eigenvalue weighted by Gasteiger charge is 2.32. The van der Waals surface area contributed by atoms with Crippen molar-refractivity contribution in [1.29, 1.82) is 0 Å². The Morgan fingerprint density at radius 1 is 1.14 bits per heavy atom. The van der Waals surface area contributed by atoms with Crippen LogP contribution in [0.2, 0.25) is 0 Å². The zero-order chi connectivity index (χ0) is 21.7. The van der Waals surface area contributed by atoms with Crippen LogP contribution in [-0.4, -0.2) is 43.6 Å². The molecule has 0 spiro atoms. The lowest BCUT2D eigenvalue weighted by molar-refractivity contribution is -0.130. The number of alkyl carbamates (subject to hydrolysis) is 1. The van der Waals surface area contributed by atoms with Crippen LogP contribution in [0.25, 0.3) is 0 Å². The van der Waals surface area contributed by atoms with E-state index in [9.17, 15) is 14.4 Å². The summed E-state index contributed by atoms with van der Waals surface area (Å²) in [5.74, 6) is 0.683. The molecule has 0 heterocycles. The summed E-state index contributed by atoms with van der Waals surface area (Å²) in [6.07, 6.45) is 8.15. The predicted molar refractivity (Wildman–Crippen MR) is 114 cm³/mol. The summed E-state index contributed by atoms with van der Waals surface area (Å²) < 4.78 is 5.47. The highest BCUT2D eigenvalue weighted by Crippen LogP contribution is 2.32. The van der Waals surface area contributed by atoms with Gasteiger partial charge >= 0.3 is 6.09 Å². The zero-order valence-electron chi connectivity index (χ0n) is 18.5. The summed E-state index contributed by atoms with van der Waals surface area (Å²) in [5.41, 5.74) is -0.413. The number of carbonyl (C=O) groups excluding carboxylic acids is 3. The molecule has 7 nitrogen and oxygen atoms in total. The van der Waals surface area contributed by atoms with Crippen LogP contribution in [0.5, 0.6) is 0 Å². The first-order valence-electron chi connectivity index (χ1n) is 10.9. The van der Waals surface area contributed by atoms with Gasteiger partial charge in [0, 0.05) is 31.5 Å². The maximum Gasteiger partial charge on any atom is 0.407 e. The lowest BCUT2D eigenvalue weighted by atomic mass is 9.79. The quantitative estimate of drug-likeness (QED) is 0.381. The lowest BCUT2D eigenvalue weighted by Gasteiger charge is -2.30. The van der Waals surface area contributed by atoms with E-state index in [1.165, 1.54) is 0 Å². The molecule has 1 aliphatic carbocycles. The topological polar surface area (TPSA) is 96.5 Å². The number of ether oxygens (including phenoxy) is 1. The van der Waals surface area contributed by atoms with Gasteiger partial charge in [-0.2, -0.15) is 0 Å². The minimum Gasteiger partial charge on any atom is -0.442 e. The fraction of sp³-hybridized carbons (Fsp3) is 0.773. The third-order valence-corrected chi connectivity index (χ3v) is 5.22. The van der Waals surface area contributed by atoms with Crippen molar-refractivity contribution in [2.75, 3.05) is 19.6 Å². The van der Waals surface area contributed by atoms with E-state index in [2.05, 4.69) is 29.8 Å². The Labute approximate surface area is 175 Å².